The number of hydrogen-bond acceptors (Lipinski definition) is 4. The molecule has 0 saturated carbocycles. The van der Waals surface area contributed by atoms with Crippen molar-refractivity contribution in [3.05, 3.63) is 42.7 Å². The third kappa shape index (κ3) is 2.48. The van der Waals surface area contributed by atoms with Crippen LogP contribution in [0, 0.1) is 0 Å². The molecule has 22 heavy (non-hydrogen) atoms. The van der Waals surface area contributed by atoms with E-state index in [-0.39, 0.29) is 0 Å². The highest BCUT2D eigenvalue weighted by Gasteiger charge is 2.16. The lowest BCUT2D eigenvalue weighted by atomic mass is 10.3. The van der Waals surface area contributed by atoms with E-state index in [0.29, 0.717) is 0 Å². The van der Waals surface area contributed by atoms with Crippen molar-refractivity contribution in [2.75, 3.05) is 19.6 Å². The molecule has 1 saturated heterocycles. The Kier molecular flexibility index (Phi) is 3.56. The molecule has 112 valence electrons. The van der Waals surface area contributed by atoms with E-state index in [4.69, 9.17) is 4.98 Å². The fourth-order valence-electron chi connectivity index (χ4n) is 3.11. The Morgan fingerprint density at radius 1 is 0.909 bits per heavy atom. The summed E-state index contributed by atoms with van der Waals surface area (Å²) in [4.78, 5) is 16.2. The van der Waals surface area contributed by atoms with Gasteiger partial charge in [-0.05, 0) is 50.2 Å². The van der Waals surface area contributed by atoms with Crippen LogP contribution in [0.4, 0.5) is 0 Å². The Morgan fingerprint density at radius 2 is 1.77 bits per heavy atom. The van der Waals surface area contributed by atoms with Crippen LogP contribution in [0.5, 0.6) is 0 Å². The molecular formula is C17H19N5. The van der Waals surface area contributed by atoms with Crippen LogP contribution >= 0.6 is 0 Å². The molecule has 3 aromatic rings. The number of aromatic nitrogens is 4. The minimum absolute atomic E-state index is 0.902. The number of nitrogens with zero attached hydrogens (tertiary/aromatic N) is 5. The fourth-order valence-corrected chi connectivity index (χ4v) is 3.11. The largest absolute Gasteiger partial charge is 0.306 e. The van der Waals surface area contributed by atoms with Crippen LogP contribution in [-0.2, 0) is 6.54 Å². The fraction of sp³-hybridized carbons (Fsp3) is 0.353. The van der Waals surface area contributed by atoms with Crippen molar-refractivity contribution in [3.63, 3.8) is 0 Å². The third-order valence-electron chi connectivity index (χ3n) is 4.24. The molecule has 0 spiro atoms. The zero-order valence-corrected chi connectivity index (χ0v) is 12.5. The zero-order chi connectivity index (χ0) is 14.8. The van der Waals surface area contributed by atoms with Crippen molar-refractivity contribution in [3.8, 4) is 11.5 Å². The lowest BCUT2D eigenvalue weighted by Crippen LogP contribution is -2.24. The first-order valence-electron chi connectivity index (χ1n) is 7.87. The van der Waals surface area contributed by atoms with Gasteiger partial charge in [0.1, 0.15) is 11.2 Å². The van der Waals surface area contributed by atoms with Gasteiger partial charge in [0.15, 0.2) is 11.5 Å². The molecule has 0 bridgehead atoms. The lowest BCUT2D eigenvalue weighted by molar-refractivity contribution is 0.324. The van der Waals surface area contributed by atoms with Gasteiger partial charge in [-0.1, -0.05) is 6.07 Å². The van der Waals surface area contributed by atoms with Crippen LogP contribution in [0.25, 0.3) is 22.7 Å². The molecule has 3 aromatic heterocycles. The first-order valence-corrected chi connectivity index (χ1v) is 7.87. The summed E-state index contributed by atoms with van der Waals surface area (Å²) < 4.78 is 2.20. The predicted octanol–water partition coefficient (Wildman–Crippen LogP) is 2.59. The molecule has 0 aliphatic carbocycles. The summed E-state index contributed by atoms with van der Waals surface area (Å²) in [6.45, 7) is 4.36. The highest BCUT2D eigenvalue weighted by atomic mass is 15.2. The molecule has 4 heterocycles. The summed E-state index contributed by atoms with van der Waals surface area (Å²) in [6, 6.07) is 9.88. The number of likely N-dealkylation sites (tertiary alicyclic amines) is 1. The van der Waals surface area contributed by atoms with Gasteiger partial charge in [0, 0.05) is 25.5 Å². The summed E-state index contributed by atoms with van der Waals surface area (Å²) in [7, 11) is 0. The van der Waals surface area contributed by atoms with Crippen molar-refractivity contribution in [2.45, 2.75) is 19.4 Å². The van der Waals surface area contributed by atoms with E-state index >= 15 is 0 Å². The molecule has 0 aromatic carbocycles. The first kappa shape index (κ1) is 13.4. The Morgan fingerprint density at radius 3 is 2.59 bits per heavy atom. The topological polar surface area (TPSA) is 46.8 Å². The average Bonchev–Trinajstić information content (AvgIpc) is 3.21. The SMILES string of the molecule is c1ccc(-c2nc3cccnc3n2CCN2CCCC2)nc1. The summed E-state index contributed by atoms with van der Waals surface area (Å²) in [5, 5.41) is 0. The maximum absolute atomic E-state index is 4.75. The summed E-state index contributed by atoms with van der Waals surface area (Å²) in [5.74, 6) is 0.911. The van der Waals surface area contributed by atoms with Crippen LogP contribution in [0.3, 0.4) is 0 Å². The summed E-state index contributed by atoms with van der Waals surface area (Å²) in [5.41, 5.74) is 2.79. The van der Waals surface area contributed by atoms with Gasteiger partial charge in [-0.2, -0.15) is 0 Å². The third-order valence-corrected chi connectivity index (χ3v) is 4.24. The van der Waals surface area contributed by atoms with Gasteiger partial charge in [0.25, 0.3) is 0 Å². The van der Waals surface area contributed by atoms with Crippen molar-refractivity contribution in [1.29, 1.82) is 0 Å². The Labute approximate surface area is 129 Å². The van der Waals surface area contributed by atoms with E-state index in [1.165, 1.54) is 25.9 Å². The molecule has 5 heteroatoms. The Hall–Kier alpha value is -2.27. The first-order chi connectivity index (χ1) is 10.9. The van der Waals surface area contributed by atoms with Gasteiger partial charge in [-0.25, -0.2) is 9.97 Å². The van der Waals surface area contributed by atoms with E-state index < -0.39 is 0 Å². The maximum Gasteiger partial charge on any atom is 0.161 e. The smallest absolute Gasteiger partial charge is 0.161 e. The second-order valence-electron chi connectivity index (χ2n) is 5.70. The lowest BCUT2D eigenvalue weighted by Gasteiger charge is -2.16. The molecule has 0 amide bonds. The molecule has 4 rings (SSSR count). The van der Waals surface area contributed by atoms with Crippen LogP contribution in [-0.4, -0.2) is 44.1 Å². The van der Waals surface area contributed by atoms with Gasteiger partial charge < -0.3 is 9.47 Å². The van der Waals surface area contributed by atoms with Gasteiger partial charge in [0.2, 0.25) is 0 Å². The maximum atomic E-state index is 4.75. The van der Waals surface area contributed by atoms with Gasteiger partial charge in [-0.3, -0.25) is 4.98 Å². The molecule has 0 atom stereocenters. The number of fused-ring (bicyclic) bond motifs is 1. The molecule has 1 fully saturated rings. The standard InChI is InChI=1S/C17H19N5/c1-2-8-18-14(6-1)17-20-15-7-5-9-19-16(15)22(17)13-12-21-10-3-4-11-21/h1-2,5-9H,3-4,10-13H2. The molecule has 0 N–H and O–H groups in total. The van der Waals surface area contributed by atoms with Crippen LogP contribution in [0.1, 0.15) is 12.8 Å². The van der Waals surface area contributed by atoms with E-state index in [9.17, 15) is 0 Å². The highest BCUT2D eigenvalue weighted by molar-refractivity contribution is 5.76. The van der Waals surface area contributed by atoms with Crippen molar-refractivity contribution >= 4 is 11.2 Å². The summed E-state index contributed by atoms with van der Waals surface area (Å²) >= 11 is 0. The van der Waals surface area contributed by atoms with Crippen LogP contribution < -0.4 is 0 Å². The van der Waals surface area contributed by atoms with E-state index in [0.717, 1.165) is 35.8 Å². The quantitative estimate of drug-likeness (QED) is 0.742. The van der Waals surface area contributed by atoms with E-state index in [1.54, 1.807) is 0 Å². The molecule has 1 aliphatic heterocycles. The number of rotatable bonds is 4. The molecular weight excluding hydrogens is 274 g/mol. The Balaban J connectivity index is 1.73. The van der Waals surface area contributed by atoms with E-state index in [1.807, 2.05) is 42.7 Å². The minimum atomic E-state index is 0.902. The monoisotopic (exact) mass is 293 g/mol. The minimum Gasteiger partial charge on any atom is -0.306 e. The normalized spacial score (nSPS) is 15.6. The zero-order valence-electron chi connectivity index (χ0n) is 12.5. The average molecular weight is 293 g/mol. The highest BCUT2D eigenvalue weighted by Crippen LogP contribution is 2.22. The second-order valence-corrected chi connectivity index (χ2v) is 5.70. The van der Waals surface area contributed by atoms with Crippen LogP contribution in [0.15, 0.2) is 42.7 Å². The van der Waals surface area contributed by atoms with E-state index in [2.05, 4.69) is 19.4 Å². The van der Waals surface area contributed by atoms with Gasteiger partial charge in [-0.15, -0.1) is 0 Å². The Bertz CT molecular complexity index is 759. The van der Waals surface area contributed by atoms with Gasteiger partial charge in [0.05, 0.1) is 0 Å². The molecule has 0 unspecified atom stereocenters. The predicted molar refractivity (Wildman–Crippen MR) is 86.4 cm³/mol. The number of imidazole rings is 1. The second kappa shape index (κ2) is 5.85. The number of hydrogen-bond donors (Lipinski definition) is 0. The van der Waals surface area contributed by atoms with Crippen molar-refractivity contribution in [1.82, 2.24) is 24.4 Å². The molecule has 0 radical (unpaired) electrons. The van der Waals surface area contributed by atoms with Crippen molar-refractivity contribution in [2.24, 2.45) is 0 Å². The van der Waals surface area contributed by atoms with Gasteiger partial charge >= 0.3 is 0 Å². The summed E-state index contributed by atoms with van der Waals surface area (Å²) in [6.07, 6.45) is 6.28. The van der Waals surface area contributed by atoms with Crippen LogP contribution in [0.2, 0.25) is 0 Å². The molecule has 1 aliphatic rings. The van der Waals surface area contributed by atoms with Crippen molar-refractivity contribution < 1.29 is 0 Å². The number of pyridine rings is 2. The molecule has 5 nitrogen and oxygen atoms in total.